The number of aromatic nitrogens is 3. The number of ether oxygens (including phenoxy) is 1. The van der Waals surface area contributed by atoms with Gasteiger partial charge in [-0.15, -0.1) is 0 Å². The van der Waals surface area contributed by atoms with Crippen molar-refractivity contribution in [1.82, 2.24) is 19.0 Å². The molecule has 0 spiro atoms. The van der Waals surface area contributed by atoms with Gasteiger partial charge < -0.3 is 9.64 Å². The Morgan fingerprint density at radius 1 is 1.17 bits per heavy atom. The van der Waals surface area contributed by atoms with Gasteiger partial charge in [-0.1, -0.05) is 19.1 Å². The molecule has 3 aromatic rings. The van der Waals surface area contributed by atoms with Gasteiger partial charge in [0.05, 0.1) is 16.6 Å². The minimum absolute atomic E-state index is 0.0451. The number of fused-ring (bicyclic) bond motifs is 2. The molecule has 9 heteroatoms. The molecule has 186 valence electrons. The number of rotatable bonds is 3. The lowest BCUT2D eigenvalue weighted by molar-refractivity contribution is 0.0224. The van der Waals surface area contributed by atoms with Crippen LogP contribution in [0.2, 0.25) is 0 Å². The highest BCUT2D eigenvalue weighted by atomic mass is 19.3. The summed E-state index contributed by atoms with van der Waals surface area (Å²) in [7, 11) is 1.61. The van der Waals surface area contributed by atoms with Gasteiger partial charge in [0, 0.05) is 38.7 Å². The number of alkyl halides is 2. The number of amides is 1. The van der Waals surface area contributed by atoms with Gasteiger partial charge in [-0.3, -0.25) is 9.13 Å². The van der Waals surface area contributed by atoms with E-state index in [9.17, 15) is 18.4 Å². The van der Waals surface area contributed by atoms with Gasteiger partial charge in [-0.05, 0) is 56.5 Å². The van der Waals surface area contributed by atoms with Crippen molar-refractivity contribution >= 4 is 17.3 Å². The van der Waals surface area contributed by atoms with Crippen molar-refractivity contribution in [3.05, 3.63) is 51.9 Å². The van der Waals surface area contributed by atoms with Gasteiger partial charge in [0.2, 0.25) is 0 Å². The van der Waals surface area contributed by atoms with Crippen molar-refractivity contribution in [1.29, 1.82) is 0 Å². The van der Waals surface area contributed by atoms with E-state index >= 15 is 0 Å². The van der Waals surface area contributed by atoms with Gasteiger partial charge in [0.1, 0.15) is 5.60 Å². The second-order valence-electron chi connectivity index (χ2n) is 11.0. The number of carbonyl (C=O) groups excluding carboxylic acids is 1. The molecular weight excluding hydrogens is 454 g/mol. The molecule has 7 nitrogen and oxygen atoms in total. The summed E-state index contributed by atoms with van der Waals surface area (Å²) >= 11 is 0. The number of halogens is 2. The molecule has 1 aliphatic heterocycles. The van der Waals surface area contributed by atoms with E-state index in [2.05, 4.69) is 0 Å². The molecule has 0 saturated heterocycles. The normalized spacial score (nSPS) is 21.2. The Labute approximate surface area is 202 Å². The van der Waals surface area contributed by atoms with Crippen LogP contribution < -0.4 is 5.69 Å². The van der Waals surface area contributed by atoms with E-state index in [1.807, 2.05) is 45.0 Å². The average Bonchev–Trinajstić information content (AvgIpc) is 3.20. The number of hydrogen-bond donors (Lipinski definition) is 0. The Bertz CT molecular complexity index is 1400. The predicted molar refractivity (Wildman–Crippen MR) is 128 cm³/mol. The lowest BCUT2D eigenvalue weighted by atomic mass is 9.96. The standard InChI is InChI=1S/C26H30F2N4O3/c1-24(2,3)35-23(34)31-11-10-16-6-7-17(12-18(16)13-31)19-8-9-20-21(29-19)30(5)22(33)32(20)15-25(4)14-26(25,27)28/h6-9,12H,10-11,13-15H2,1-5H3. The molecule has 1 unspecified atom stereocenters. The van der Waals surface area contributed by atoms with Crippen LogP contribution >= 0.6 is 0 Å². The molecule has 1 saturated carbocycles. The Balaban J connectivity index is 1.45. The van der Waals surface area contributed by atoms with Crippen molar-refractivity contribution in [2.24, 2.45) is 12.5 Å². The van der Waals surface area contributed by atoms with Crippen LogP contribution in [0.15, 0.2) is 35.1 Å². The summed E-state index contributed by atoms with van der Waals surface area (Å²) in [5, 5.41) is 0. The molecule has 2 aliphatic rings. The van der Waals surface area contributed by atoms with E-state index in [4.69, 9.17) is 9.72 Å². The van der Waals surface area contributed by atoms with Crippen LogP contribution in [0.4, 0.5) is 13.6 Å². The van der Waals surface area contributed by atoms with E-state index in [1.54, 1.807) is 18.0 Å². The monoisotopic (exact) mass is 484 g/mol. The minimum atomic E-state index is -2.75. The number of pyridine rings is 1. The summed E-state index contributed by atoms with van der Waals surface area (Å²) in [6.07, 6.45) is 0.186. The summed E-state index contributed by atoms with van der Waals surface area (Å²) in [5.41, 5.74) is 2.60. The van der Waals surface area contributed by atoms with Gasteiger partial charge in [-0.2, -0.15) is 0 Å². The van der Waals surface area contributed by atoms with Crippen molar-refractivity contribution < 1.29 is 18.3 Å². The summed E-state index contributed by atoms with van der Waals surface area (Å²) < 4.78 is 36.0. The summed E-state index contributed by atoms with van der Waals surface area (Å²) in [6, 6.07) is 9.62. The van der Waals surface area contributed by atoms with Crippen LogP contribution in [0.3, 0.4) is 0 Å². The highest BCUT2D eigenvalue weighted by molar-refractivity contribution is 5.77. The molecular formula is C26H30F2N4O3. The van der Waals surface area contributed by atoms with Gasteiger partial charge in [-0.25, -0.2) is 23.4 Å². The van der Waals surface area contributed by atoms with Crippen molar-refractivity contribution in [2.75, 3.05) is 6.54 Å². The third kappa shape index (κ3) is 4.10. The summed E-state index contributed by atoms with van der Waals surface area (Å²) in [6.45, 7) is 8.05. The molecule has 1 aliphatic carbocycles. The second-order valence-corrected chi connectivity index (χ2v) is 11.0. The van der Waals surface area contributed by atoms with E-state index in [1.165, 1.54) is 21.6 Å². The van der Waals surface area contributed by atoms with Crippen molar-refractivity contribution in [3.8, 4) is 11.3 Å². The first kappa shape index (κ1) is 23.5. The Hall–Kier alpha value is -3.23. The Morgan fingerprint density at radius 2 is 1.89 bits per heavy atom. The van der Waals surface area contributed by atoms with Crippen molar-refractivity contribution in [3.63, 3.8) is 0 Å². The van der Waals surface area contributed by atoms with Crippen LogP contribution in [0.25, 0.3) is 22.4 Å². The van der Waals surface area contributed by atoms with Gasteiger partial charge in [0.15, 0.2) is 5.65 Å². The first-order valence-corrected chi connectivity index (χ1v) is 11.8. The first-order chi connectivity index (χ1) is 16.3. The van der Waals surface area contributed by atoms with E-state index in [0.717, 1.165) is 17.5 Å². The topological polar surface area (TPSA) is 69.4 Å². The fraction of sp³-hybridized carbons (Fsp3) is 0.500. The smallest absolute Gasteiger partial charge is 0.410 e. The zero-order valence-corrected chi connectivity index (χ0v) is 20.7. The number of nitrogens with zero attached hydrogens (tertiary/aromatic N) is 4. The predicted octanol–water partition coefficient (Wildman–Crippen LogP) is 4.74. The fourth-order valence-corrected chi connectivity index (χ4v) is 4.75. The summed E-state index contributed by atoms with van der Waals surface area (Å²) in [5.74, 6) is -2.75. The molecule has 1 fully saturated rings. The third-order valence-corrected chi connectivity index (χ3v) is 7.02. The van der Waals surface area contributed by atoms with Crippen LogP contribution in [-0.4, -0.2) is 43.2 Å². The van der Waals surface area contributed by atoms with Gasteiger partial charge >= 0.3 is 11.8 Å². The largest absolute Gasteiger partial charge is 0.444 e. The third-order valence-electron chi connectivity index (χ3n) is 7.02. The molecule has 1 amide bonds. The minimum Gasteiger partial charge on any atom is -0.444 e. The number of aryl methyl sites for hydroxylation is 1. The lowest BCUT2D eigenvalue weighted by Crippen LogP contribution is -2.39. The summed E-state index contributed by atoms with van der Waals surface area (Å²) in [4.78, 5) is 31.8. The number of benzene rings is 1. The SMILES string of the molecule is Cn1c(=O)n(CC2(C)CC2(F)F)c2ccc(-c3ccc4c(c3)CN(C(=O)OC(C)(C)C)CC4)nc21. The molecule has 0 N–H and O–H groups in total. The fourth-order valence-electron chi connectivity index (χ4n) is 4.75. The Morgan fingerprint density at radius 3 is 2.54 bits per heavy atom. The molecule has 1 aromatic carbocycles. The quantitative estimate of drug-likeness (QED) is 0.539. The van der Waals surface area contributed by atoms with E-state index in [-0.39, 0.29) is 24.7 Å². The van der Waals surface area contributed by atoms with Crippen LogP contribution in [0.1, 0.15) is 45.2 Å². The molecule has 2 aromatic heterocycles. The molecule has 1 atom stereocenters. The number of carbonyl (C=O) groups is 1. The molecule has 5 rings (SSSR count). The molecule has 0 radical (unpaired) electrons. The zero-order chi connectivity index (χ0) is 25.3. The first-order valence-electron chi connectivity index (χ1n) is 11.8. The average molecular weight is 485 g/mol. The van der Waals surface area contributed by atoms with Crippen LogP contribution in [0, 0.1) is 5.41 Å². The molecule has 0 bridgehead atoms. The van der Waals surface area contributed by atoms with Crippen molar-refractivity contribution in [2.45, 2.75) is 65.1 Å². The van der Waals surface area contributed by atoms with Crippen LogP contribution in [0.5, 0.6) is 0 Å². The maximum absolute atomic E-state index is 13.8. The second kappa shape index (κ2) is 7.63. The molecule has 3 heterocycles. The highest BCUT2D eigenvalue weighted by Gasteiger charge is 2.68. The van der Waals surface area contributed by atoms with Crippen LogP contribution in [-0.2, 0) is 31.3 Å². The molecule has 35 heavy (non-hydrogen) atoms. The van der Waals surface area contributed by atoms with E-state index in [0.29, 0.717) is 29.9 Å². The zero-order valence-electron chi connectivity index (χ0n) is 20.7. The maximum Gasteiger partial charge on any atom is 0.410 e. The highest BCUT2D eigenvalue weighted by Crippen LogP contribution is 2.61. The number of imidazole rings is 1. The maximum atomic E-state index is 13.8. The van der Waals surface area contributed by atoms with Gasteiger partial charge in [0.25, 0.3) is 5.92 Å². The lowest BCUT2D eigenvalue weighted by Gasteiger charge is -2.31. The Kier molecular flexibility index (Phi) is 5.13. The number of hydrogen-bond acceptors (Lipinski definition) is 4. The van der Waals surface area contributed by atoms with E-state index < -0.39 is 16.9 Å².